The molecule has 0 spiro atoms. The molecule has 4 N–H and O–H groups in total. The molecule has 0 aliphatic rings. The zero-order valence-corrected chi connectivity index (χ0v) is 10.5. The van der Waals surface area contributed by atoms with Gasteiger partial charge >= 0.3 is 0 Å². The normalized spacial score (nSPS) is 11.2. The van der Waals surface area contributed by atoms with Crippen molar-refractivity contribution in [3.05, 3.63) is 17.8 Å². The second kappa shape index (κ2) is 5.03. The third kappa shape index (κ3) is 4.30. The highest BCUT2D eigenvalue weighted by atomic mass is 16.5. The third-order valence-electron chi connectivity index (χ3n) is 2.23. The van der Waals surface area contributed by atoms with Gasteiger partial charge in [-0.25, -0.2) is 4.98 Å². The first-order valence-corrected chi connectivity index (χ1v) is 5.49. The number of primary amides is 1. The number of amides is 1. The van der Waals surface area contributed by atoms with Gasteiger partial charge in [0.15, 0.2) is 0 Å². The fourth-order valence-electron chi connectivity index (χ4n) is 1.16. The first-order chi connectivity index (χ1) is 7.79. The van der Waals surface area contributed by atoms with E-state index in [0.717, 1.165) is 6.42 Å². The van der Waals surface area contributed by atoms with Crippen LogP contribution in [0.1, 0.15) is 37.7 Å². The van der Waals surface area contributed by atoms with E-state index in [2.05, 4.69) is 25.8 Å². The van der Waals surface area contributed by atoms with E-state index in [4.69, 9.17) is 16.2 Å². The minimum Gasteiger partial charge on any atom is -0.476 e. The summed E-state index contributed by atoms with van der Waals surface area (Å²) in [6, 6.07) is 3.05. The van der Waals surface area contributed by atoms with Crippen molar-refractivity contribution >= 4 is 11.6 Å². The molecule has 0 atom stereocenters. The van der Waals surface area contributed by atoms with Crippen LogP contribution in [0.3, 0.4) is 0 Å². The Balaban J connectivity index is 2.70. The van der Waals surface area contributed by atoms with Crippen molar-refractivity contribution in [2.75, 3.05) is 12.3 Å². The van der Waals surface area contributed by atoms with Crippen LogP contribution < -0.4 is 16.2 Å². The molecule has 0 radical (unpaired) electrons. The van der Waals surface area contributed by atoms with Crippen molar-refractivity contribution in [1.29, 1.82) is 0 Å². The number of rotatable bonds is 4. The average molecular weight is 237 g/mol. The van der Waals surface area contributed by atoms with Crippen molar-refractivity contribution in [2.24, 2.45) is 11.1 Å². The van der Waals surface area contributed by atoms with Gasteiger partial charge in [0.05, 0.1) is 12.3 Å². The van der Waals surface area contributed by atoms with E-state index in [9.17, 15) is 4.79 Å². The molecule has 0 saturated heterocycles. The van der Waals surface area contributed by atoms with Crippen LogP contribution in [0, 0.1) is 5.41 Å². The SMILES string of the molecule is CC(C)(C)CCOc1nc(C(N)=O)ccc1N. The molecule has 0 aliphatic carbocycles. The summed E-state index contributed by atoms with van der Waals surface area (Å²) in [6.07, 6.45) is 0.870. The predicted molar refractivity (Wildman–Crippen MR) is 66.7 cm³/mol. The zero-order valence-electron chi connectivity index (χ0n) is 10.5. The molecule has 1 heterocycles. The first-order valence-electron chi connectivity index (χ1n) is 5.49. The molecule has 1 rings (SSSR count). The molecule has 0 aliphatic heterocycles. The molecule has 0 saturated carbocycles. The average Bonchev–Trinajstić information content (AvgIpc) is 2.18. The van der Waals surface area contributed by atoms with Gasteiger partial charge in [0.1, 0.15) is 5.69 Å². The van der Waals surface area contributed by atoms with Crippen LogP contribution in [0.25, 0.3) is 0 Å². The maximum Gasteiger partial charge on any atom is 0.267 e. The third-order valence-corrected chi connectivity index (χ3v) is 2.23. The summed E-state index contributed by atoms with van der Waals surface area (Å²) in [5.41, 5.74) is 11.6. The molecule has 0 bridgehead atoms. The Bertz CT molecular complexity index is 411. The summed E-state index contributed by atoms with van der Waals surface area (Å²) in [6.45, 7) is 6.86. The molecular formula is C12H19N3O2. The van der Waals surface area contributed by atoms with Crippen LogP contribution in [0.4, 0.5) is 5.69 Å². The number of pyridine rings is 1. The number of carbonyl (C=O) groups excluding carboxylic acids is 1. The van der Waals surface area contributed by atoms with Crippen molar-refractivity contribution in [3.8, 4) is 5.88 Å². The number of hydrogen-bond acceptors (Lipinski definition) is 4. The van der Waals surface area contributed by atoms with Gasteiger partial charge in [-0.15, -0.1) is 0 Å². The lowest BCUT2D eigenvalue weighted by molar-refractivity contribution is 0.0994. The van der Waals surface area contributed by atoms with Gasteiger partial charge < -0.3 is 16.2 Å². The Kier molecular flexibility index (Phi) is 3.93. The van der Waals surface area contributed by atoms with Gasteiger partial charge in [0, 0.05) is 0 Å². The van der Waals surface area contributed by atoms with Gasteiger partial charge in [-0.2, -0.15) is 0 Å². The summed E-state index contributed by atoms with van der Waals surface area (Å²) in [5, 5.41) is 0. The Morgan fingerprint density at radius 3 is 2.59 bits per heavy atom. The zero-order chi connectivity index (χ0) is 13.1. The largest absolute Gasteiger partial charge is 0.476 e. The van der Waals surface area contributed by atoms with E-state index in [1.165, 1.54) is 6.07 Å². The molecule has 0 fully saturated rings. The highest BCUT2D eigenvalue weighted by molar-refractivity contribution is 5.91. The maximum absolute atomic E-state index is 11.0. The minimum absolute atomic E-state index is 0.157. The van der Waals surface area contributed by atoms with Gasteiger partial charge in [-0.3, -0.25) is 4.79 Å². The summed E-state index contributed by atoms with van der Waals surface area (Å²) in [5.74, 6) is -0.323. The molecule has 94 valence electrons. The first kappa shape index (κ1) is 13.3. The van der Waals surface area contributed by atoms with E-state index < -0.39 is 5.91 Å². The highest BCUT2D eigenvalue weighted by Gasteiger charge is 2.12. The molecule has 0 aromatic carbocycles. The number of nitrogens with zero attached hydrogens (tertiary/aromatic N) is 1. The van der Waals surface area contributed by atoms with Crippen molar-refractivity contribution in [2.45, 2.75) is 27.2 Å². The fraction of sp³-hybridized carbons (Fsp3) is 0.500. The Hall–Kier alpha value is -1.78. The van der Waals surface area contributed by atoms with Gasteiger partial charge in [0.2, 0.25) is 5.88 Å². The molecule has 0 unspecified atom stereocenters. The number of carbonyl (C=O) groups is 1. The smallest absolute Gasteiger partial charge is 0.267 e. The molecule has 1 aromatic heterocycles. The number of nitrogen functional groups attached to an aromatic ring is 1. The Morgan fingerprint density at radius 2 is 2.06 bits per heavy atom. The molecule has 5 heteroatoms. The van der Waals surface area contributed by atoms with Gasteiger partial charge in [-0.1, -0.05) is 20.8 Å². The van der Waals surface area contributed by atoms with Crippen molar-refractivity contribution in [1.82, 2.24) is 4.98 Å². The van der Waals surface area contributed by atoms with Crippen LogP contribution in [0.2, 0.25) is 0 Å². The second-order valence-corrected chi connectivity index (χ2v) is 5.11. The standard InChI is InChI=1S/C12H19N3O2/c1-12(2,3)6-7-17-11-8(13)4-5-9(15-11)10(14)16/h4-5H,6-7,13H2,1-3H3,(H2,14,16). The van der Waals surface area contributed by atoms with Crippen LogP contribution in [-0.2, 0) is 0 Å². The van der Waals surface area contributed by atoms with Crippen LogP contribution >= 0.6 is 0 Å². The number of hydrogen-bond donors (Lipinski definition) is 2. The van der Waals surface area contributed by atoms with E-state index >= 15 is 0 Å². The van der Waals surface area contributed by atoms with Crippen LogP contribution in [0.5, 0.6) is 5.88 Å². The lowest BCUT2D eigenvalue weighted by Crippen LogP contribution is -2.16. The highest BCUT2D eigenvalue weighted by Crippen LogP contribution is 2.22. The van der Waals surface area contributed by atoms with Gasteiger partial charge in [-0.05, 0) is 24.0 Å². The monoisotopic (exact) mass is 237 g/mol. The Labute approximate surface area is 101 Å². The van der Waals surface area contributed by atoms with E-state index in [-0.39, 0.29) is 17.0 Å². The summed E-state index contributed by atoms with van der Waals surface area (Å²) in [7, 11) is 0. The molecule has 17 heavy (non-hydrogen) atoms. The van der Waals surface area contributed by atoms with Crippen molar-refractivity contribution in [3.63, 3.8) is 0 Å². The maximum atomic E-state index is 11.0. The van der Waals surface area contributed by atoms with E-state index in [1.807, 2.05) is 0 Å². The quantitative estimate of drug-likeness (QED) is 0.831. The molecule has 1 aromatic rings. The van der Waals surface area contributed by atoms with E-state index in [0.29, 0.717) is 12.3 Å². The number of aromatic nitrogens is 1. The lowest BCUT2D eigenvalue weighted by Gasteiger charge is -2.18. The van der Waals surface area contributed by atoms with E-state index in [1.54, 1.807) is 6.07 Å². The van der Waals surface area contributed by atoms with Crippen LogP contribution in [-0.4, -0.2) is 17.5 Å². The topological polar surface area (TPSA) is 91.2 Å². The molecular weight excluding hydrogens is 218 g/mol. The Morgan fingerprint density at radius 1 is 1.41 bits per heavy atom. The second-order valence-electron chi connectivity index (χ2n) is 5.11. The number of ether oxygens (including phenoxy) is 1. The molecule has 1 amide bonds. The van der Waals surface area contributed by atoms with Crippen LogP contribution in [0.15, 0.2) is 12.1 Å². The lowest BCUT2D eigenvalue weighted by atomic mass is 9.93. The summed E-state index contributed by atoms with van der Waals surface area (Å²) >= 11 is 0. The number of anilines is 1. The molecule has 5 nitrogen and oxygen atoms in total. The van der Waals surface area contributed by atoms with Crippen molar-refractivity contribution < 1.29 is 9.53 Å². The fourth-order valence-corrected chi connectivity index (χ4v) is 1.16. The van der Waals surface area contributed by atoms with Gasteiger partial charge in [0.25, 0.3) is 5.91 Å². The predicted octanol–water partition coefficient (Wildman–Crippen LogP) is 1.58. The summed E-state index contributed by atoms with van der Waals surface area (Å²) in [4.78, 5) is 14.9. The summed E-state index contributed by atoms with van der Waals surface area (Å²) < 4.78 is 5.46. The minimum atomic E-state index is -0.592. The number of nitrogens with two attached hydrogens (primary N) is 2.